The minimum absolute atomic E-state index is 0.469. The third-order valence-corrected chi connectivity index (χ3v) is 3.71. The fourth-order valence-electron chi connectivity index (χ4n) is 2.55. The number of nitrogens with one attached hydrogen (secondary N) is 1. The molecule has 18 heavy (non-hydrogen) atoms. The Kier molecular flexibility index (Phi) is 4.19. The average Bonchev–Trinajstić information content (AvgIpc) is 2.28. The van der Waals surface area contributed by atoms with Crippen molar-refractivity contribution in [3.63, 3.8) is 0 Å². The topological polar surface area (TPSA) is 41.3 Å². The second-order valence-corrected chi connectivity index (χ2v) is 5.58. The summed E-state index contributed by atoms with van der Waals surface area (Å²) in [4.78, 5) is 2.84. The maximum absolute atomic E-state index is 5.67. The number of thiocarbonyl (C=S) groups is 1. The minimum Gasteiger partial charge on any atom is -0.389 e. The van der Waals surface area contributed by atoms with Crippen molar-refractivity contribution in [3.8, 4) is 0 Å². The number of nitrogens with zero attached hydrogens (tertiary/aromatic N) is 1. The van der Waals surface area contributed by atoms with Crippen molar-refractivity contribution >= 4 is 22.9 Å². The van der Waals surface area contributed by atoms with Gasteiger partial charge in [-0.05, 0) is 57.1 Å². The molecule has 1 atom stereocenters. The Morgan fingerprint density at radius 1 is 1.50 bits per heavy atom. The predicted octanol–water partition coefficient (Wildman–Crippen LogP) is 2.14. The SMILES string of the molecule is Cc1cc(NC2CCCN(C)C2)ccc1C(N)=S. The molecular formula is C14H21N3S. The maximum atomic E-state index is 5.67. The summed E-state index contributed by atoms with van der Waals surface area (Å²) in [5.74, 6) is 0. The summed E-state index contributed by atoms with van der Waals surface area (Å²) in [6.07, 6.45) is 2.50. The number of likely N-dealkylation sites (tertiary alicyclic amines) is 1. The van der Waals surface area contributed by atoms with E-state index in [1.54, 1.807) is 0 Å². The molecule has 3 nitrogen and oxygen atoms in total. The smallest absolute Gasteiger partial charge is 0.104 e. The van der Waals surface area contributed by atoms with Crippen molar-refractivity contribution in [2.45, 2.75) is 25.8 Å². The lowest BCUT2D eigenvalue weighted by Crippen LogP contribution is -2.39. The highest BCUT2D eigenvalue weighted by Crippen LogP contribution is 2.19. The first-order chi connectivity index (χ1) is 8.56. The summed E-state index contributed by atoms with van der Waals surface area (Å²) in [5.41, 5.74) is 8.94. The van der Waals surface area contributed by atoms with E-state index in [0.717, 1.165) is 23.4 Å². The van der Waals surface area contributed by atoms with Crippen molar-refractivity contribution in [2.75, 3.05) is 25.5 Å². The predicted molar refractivity (Wildman–Crippen MR) is 81.2 cm³/mol. The normalized spacial score (nSPS) is 20.7. The van der Waals surface area contributed by atoms with Crippen LogP contribution in [0, 0.1) is 6.92 Å². The number of aryl methyl sites for hydroxylation is 1. The first-order valence-corrected chi connectivity index (χ1v) is 6.82. The van der Waals surface area contributed by atoms with Crippen LogP contribution in [-0.2, 0) is 0 Å². The van der Waals surface area contributed by atoms with Gasteiger partial charge in [-0.15, -0.1) is 0 Å². The minimum atomic E-state index is 0.469. The third-order valence-electron chi connectivity index (χ3n) is 3.49. The zero-order valence-corrected chi connectivity index (χ0v) is 11.9. The molecule has 0 aliphatic carbocycles. The first kappa shape index (κ1) is 13.3. The number of hydrogen-bond donors (Lipinski definition) is 2. The number of rotatable bonds is 3. The van der Waals surface area contributed by atoms with Gasteiger partial charge in [-0.1, -0.05) is 12.2 Å². The second-order valence-electron chi connectivity index (χ2n) is 5.14. The molecule has 3 N–H and O–H groups in total. The van der Waals surface area contributed by atoms with Gasteiger partial charge in [0.2, 0.25) is 0 Å². The van der Waals surface area contributed by atoms with Crippen LogP contribution in [0.5, 0.6) is 0 Å². The molecule has 1 aliphatic heterocycles. The molecule has 0 saturated carbocycles. The Hall–Kier alpha value is -1.13. The van der Waals surface area contributed by atoms with E-state index in [1.807, 2.05) is 13.0 Å². The van der Waals surface area contributed by atoms with Gasteiger partial charge >= 0.3 is 0 Å². The van der Waals surface area contributed by atoms with Crippen molar-refractivity contribution in [3.05, 3.63) is 29.3 Å². The van der Waals surface area contributed by atoms with Crippen molar-refractivity contribution in [1.29, 1.82) is 0 Å². The molecule has 1 heterocycles. The summed E-state index contributed by atoms with van der Waals surface area (Å²) in [5, 5.41) is 3.59. The lowest BCUT2D eigenvalue weighted by molar-refractivity contribution is 0.261. The van der Waals surface area contributed by atoms with E-state index < -0.39 is 0 Å². The Labute approximate surface area is 114 Å². The number of hydrogen-bond acceptors (Lipinski definition) is 3. The number of benzene rings is 1. The molecule has 0 aromatic heterocycles. The highest BCUT2D eigenvalue weighted by Gasteiger charge is 2.16. The lowest BCUT2D eigenvalue weighted by Gasteiger charge is -2.31. The molecule has 1 aliphatic rings. The van der Waals surface area contributed by atoms with Gasteiger partial charge in [-0.3, -0.25) is 0 Å². The van der Waals surface area contributed by atoms with Gasteiger partial charge in [0.05, 0.1) is 0 Å². The van der Waals surface area contributed by atoms with Crippen molar-refractivity contribution in [1.82, 2.24) is 4.90 Å². The van der Waals surface area contributed by atoms with E-state index in [4.69, 9.17) is 18.0 Å². The van der Waals surface area contributed by atoms with Crippen LogP contribution in [0.4, 0.5) is 5.69 Å². The van der Waals surface area contributed by atoms with Crippen LogP contribution >= 0.6 is 12.2 Å². The lowest BCUT2D eigenvalue weighted by atomic mass is 10.0. The zero-order chi connectivity index (χ0) is 13.1. The highest BCUT2D eigenvalue weighted by molar-refractivity contribution is 7.80. The molecule has 0 bridgehead atoms. The molecule has 1 saturated heterocycles. The number of anilines is 1. The average molecular weight is 263 g/mol. The van der Waals surface area contributed by atoms with Gasteiger partial charge in [-0.25, -0.2) is 0 Å². The fourth-order valence-corrected chi connectivity index (χ4v) is 2.78. The van der Waals surface area contributed by atoms with Crippen LogP contribution in [0.1, 0.15) is 24.0 Å². The van der Waals surface area contributed by atoms with Gasteiger partial charge < -0.3 is 16.0 Å². The summed E-state index contributed by atoms with van der Waals surface area (Å²) in [7, 11) is 2.18. The molecule has 0 radical (unpaired) electrons. The van der Waals surface area contributed by atoms with E-state index in [1.165, 1.54) is 19.4 Å². The monoisotopic (exact) mass is 263 g/mol. The van der Waals surface area contributed by atoms with Crippen LogP contribution in [0.2, 0.25) is 0 Å². The Bertz CT molecular complexity index is 445. The van der Waals surface area contributed by atoms with Crippen LogP contribution in [0.15, 0.2) is 18.2 Å². The summed E-state index contributed by atoms with van der Waals surface area (Å²) < 4.78 is 0. The summed E-state index contributed by atoms with van der Waals surface area (Å²) >= 11 is 5.02. The van der Waals surface area contributed by atoms with Crippen molar-refractivity contribution < 1.29 is 0 Å². The molecule has 1 aromatic carbocycles. The Morgan fingerprint density at radius 3 is 2.89 bits per heavy atom. The van der Waals surface area contributed by atoms with E-state index >= 15 is 0 Å². The number of likely N-dealkylation sites (N-methyl/N-ethyl adjacent to an activating group) is 1. The highest BCUT2D eigenvalue weighted by atomic mass is 32.1. The third kappa shape index (κ3) is 3.21. The van der Waals surface area contributed by atoms with Crippen molar-refractivity contribution in [2.24, 2.45) is 5.73 Å². The van der Waals surface area contributed by atoms with E-state index in [9.17, 15) is 0 Å². The van der Waals surface area contributed by atoms with Gasteiger partial charge in [0.15, 0.2) is 0 Å². The number of piperidine rings is 1. The standard InChI is InChI=1S/C14H21N3S/c1-10-8-11(5-6-13(10)14(15)18)16-12-4-3-7-17(2)9-12/h5-6,8,12,16H,3-4,7,9H2,1-2H3,(H2,15,18). The fraction of sp³-hybridized carbons (Fsp3) is 0.500. The molecule has 98 valence electrons. The first-order valence-electron chi connectivity index (χ1n) is 6.42. The molecule has 4 heteroatoms. The summed E-state index contributed by atoms with van der Waals surface area (Å²) in [6, 6.07) is 6.74. The van der Waals surface area contributed by atoms with Gasteiger partial charge in [0.1, 0.15) is 4.99 Å². The van der Waals surface area contributed by atoms with Crippen LogP contribution < -0.4 is 11.1 Å². The Morgan fingerprint density at radius 2 is 2.28 bits per heavy atom. The Balaban J connectivity index is 2.05. The quantitative estimate of drug-likeness (QED) is 0.820. The maximum Gasteiger partial charge on any atom is 0.104 e. The van der Waals surface area contributed by atoms with Gasteiger partial charge in [0.25, 0.3) is 0 Å². The van der Waals surface area contributed by atoms with Crippen LogP contribution in [0.25, 0.3) is 0 Å². The van der Waals surface area contributed by atoms with E-state index in [2.05, 4.69) is 29.4 Å². The molecule has 1 fully saturated rings. The molecule has 2 rings (SSSR count). The van der Waals surface area contributed by atoms with Crippen LogP contribution in [-0.4, -0.2) is 36.1 Å². The zero-order valence-electron chi connectivity index (χ0n) is 11.1. The molecular weight excluding hydrogens is 242 g/mol. The van der Waals surface area contributed by atoms with E-state index in [0.29, 0.717) is 11.0 Å². The number of nitrogens with two attached hydrogens (primary N) is 1. The molecule has 0 amide bonds. The summed E-state index contributed by atoms with van der Waals surface area (Å²) in [6.45, 7) is 4.36. The second kappa shape index (κ2) is 5.67. The largest absolute Gasteiger partial charge is 0.389 e. The molecule has 0 spiro atoms. The molecule has 1 unspecified atom stereocenters. The van der Waals surface area contributed by atoms with E-state index in [-0.39, 0.29) is 0 Å². The van der Waals surface area contributed by atoms with Gasteiger partial charge in [-0.2, -0.15) is 0 Å². The van der Waals surface area contributed by atoms with Crippen LogP contribution in [0.3, 0.4) is 0 Å². The molecule has 1 aromatic rings. The van der Waals surface area contributed by atoms with Gasteiger partial charge in [0, 0.05) is 23.8 Å².